The summed E-state index contributed by atoms with van der Waals surface area (Å²) in [6.07, 6.45) is 2.18. The minimum Gasteiger partial charge on any atom is -0.346 e. The number of carbonyl (C=O) groups is 1. The molecular weight excluding hydrogens is 320 g/mol. The molecule has 0 spiro atoms. The van der Waals surface area contributed by atoms with Gasteiger partial charge in [-0.2, -0.15) is 0 Å². The summed E-state index contributed by atoms with van der Waals surface area (Å²) in [7, 11) is 0. The summed E-state index contributed by atoms with van der Waals surface area (Å²) in [4.78, 5) is 16.5. The van der Waals surface area contributed by atoms with Crippen LogP contribution in [0.25, 0.3) is 0 Å². The van der Waals surface area contributed by atoms with E-state index in [1.807, 2.05) is 0 Å². The van der Waals surface area contributed by atoms with Crippen LogP contribution in [0.5, 0.6) is 0 Å². The van der Waals surface area contributed by atoms with Crippen LogP contribution in [0.3, 0.4) is 0 Å². The second kappa shape index (κ2) is 7.14. The quantitative estimate of drug-likeness (QED) is 0.902. The summed E-state index contributed by atoms with van der Waals surface area (Å²) >= 11 is 1.48. The number of hydrogen-bond acceptors (Lipinski definition) is 4. The molecular formula is C16H17F2N3OS. The van der Waals surface area contributed by atoms with E-state index in [1.54, 1.807) is 5.38 Å². The average molecular weight is 337 g/mol. The predicted molar refractivity (Wildman–Crippen MR) is 84.5 cm³/mol. The molecule has 7 heteroatoms. The molecule has 23 heavy (non-hydrogen) atoms. The van der Waals surface area contributed by atoms with Gasteiger partial charge in [-0.15, -0.1) is 11.3 Å². The SMILES string of the molecule is O=C(NCc1ccc(F)cc1F)c1csc(C2CCCNC2)n1. The maximum atomic E-state index is 13.5. The topological polar surface area (TPSA) is 54.0 Å². The van der Waals surface area contributed by atoms with Crippen molar-refractivity contribution in [2.45, 2.75) is 25.3 Å². The van der Waals surface area contributed by atoms with Crippen LogP contribution in [0.15, 0.2) is 23.6 Å². The number of aromatic nitrogens is 1. The lowest BCUT2D eigenvalue weighted by atomic mass is 10.0. The highest BCUT2D eigenvalue weighted by molar-refractivity contribution is 7.09. The van der Waals surface area contributed by atoms with Gasteiger partial charge in [0.15, 0.2) is 0 Å². The minimum atomic E-state index is -0.669. The molecule has 0 radical (unpaired) electrons. The maximum absolute atomic E-state index is 13.5. The largest absolute Gasteiger partial charge is 0.346 e. The molecule has 1 aromatic heterocycles. The Kier molecular flexibility index (Phi) is 4.97. The Balaban J connectivity index is 1.61. The number of benzene rings is 1. The highest BCUT2D eigenvalue weighted by atomic mass is 32.1. The molecule has 1 unspecified atom stereocenters. The lowest BCUT2D eigenvalue weighted by Gasteiger charge is -2.20. The molecule has 2 N–H and O–H groups in total. The van der Waals surface area contributed by atoms with Gasteiger partial charge in [-0.3, -0.25) is 4.79 Å². The van der Waals surface area contributed by atoms with Crippen molar-refractivity contribution in [3.8, 4) is 0 Å². The van der Waals surface area contributed by atoms with E-state index in [2.05, 4.69) is 15.6 Å². The molecule has 1 aliphatic heterocycles. The number of hydrogen-bond donors (Lipinski definition) is 2. The van der Waals surface area contributed by atoms with Gasteiger partial charge in [0.2, 0.25) is 0 Å². The number of rotatable bonds is 4. The highest BCUT2D eigenvalue weighted by Gasteiger charge is 2.20. The number of carbonyl (C=O) groups excluding carboxylic acids is 1. The third-order valence-electron chi connectivity index (χ3n) is 3.86. The number of amides is 1. The molecule has 1 amide bonds. The standard InChI is InChI=1S/C16H17F2N3OS/c17-12-4-3-10(13(18)6-12)8-20-15(22)14-9-23-16(21-14)11-2-1-5-19-7-11/h3-4,6,9,11,19H,1-2,5,7-8H2,(H,20,22). The van der Waals surface area contributed by atoms with Crippen molar-refractivity contribution in [2.24, 2.45) is 0 Å². The number of nitrogens with zero attached hydrogens (tertiary/aromatic N) is 1. The molecule has 1 atom stereocenters. The van der Waals surface area contributed by atoms with Gasteiger partial charge in [0.05, 0.1) is 5.01 Å². The van der Waals surface area contributed by atoms with E-state index in [4.69, 9.17) is 0 Å². The first kappa shape index (κ1) is 16.0. The fourth-order valence-corrected chi connectivity index (χ4v) is 3.51. The second-order valence-corrected chi connectivity index (χ2v) is 6.42. The van der Waals surface area contributed by atoms with Crippen molar-refractivity contribution in [3.05, 3.63) is 51.5 Å². The summed E-state index contributed by atoms with van der Waals surface area (Å²) < 4.78 is 26.4. The number of thiazole rings is 1. The Morgan fingerprint density at radius 2 is 2.30 bits per heavy atom. The van der Waals surface area contributed by atoms with E-state index in [9.17, 15) is 13.6 Å². The molecule has 4 nitrogen and oxygen atoms in total. The van der Waals surface area contributed by atoms with Crippen LogP contribution in [-0.4, -0.2) is 24.0 Å². The van der Waals surface area contributed by atoms with E-state index >= 15 is 0 Å². The Morgan fingerprint density at radius 3 is 3.04 bits per heavy atom. The van der Waals surface area contributed by atoms with E-state index in [0.29, 0.717) is 11.6 Å². The Labute approximate surface area is 136 Å². The van der Waals surface area contributed by atoms with E-state index in [1.165, 1.54) is 23.5 Å². The van der Waals surface area contributed by atoms with Crippen LogP contribution in [0.2, 0.25) is 0 Å². The fourth-order valence-electron chi connectivity index (χ4n) is 2.57. The normalized spacial score (nSPS) is 17.9. The first-order valence-corrected chi connectivity index (χ1v) is 8.39. The van der Waals surface area contributed by atoms with E-state index in [-0.39, 0.29) is 18.0 Å². The zero-order valence-electron chi connectivity index (χ0n) is 12.4. The van der Waals surface area contributed by atoms with E-state index < -0.39 is 11.6 Å². The summed E-state index contributed by atoms with van der Waals surface area (Å²) in [5.41, 5.74) is 0.588. The van der Waals surface area contributed by atoms with Gasteiger partial charge in [-0.25, -0.2) is 13.8 Å². The van der Waals surface area contributed by atoms with Crippen LogP contribution < -0.4 is 10.6 Å². The van der Waals surface area contributed by atoms with Gasteiger partial charge in [0.25, 0.3) is 5.91 Å². The number of piperidine rings is 1. The second-order valence-electron chi connectivity index (χ2n) is 5.53. The zero-order valence-corrected chi connectivity index (χ0v) is 13.3. The van der Waals surface area contributed by atoms with Crippen molar-refractivity contribution in [3.63, 3.8) is 0 Å². The summed E-state index contributed by atoms with van der Waals surface area (Å²) in [6, 6.07) is 3.30. The molecule has 3 rings (SSSR count). The smallest absolute Gasteiger partial charge is 0.271 e. The monoisotopic (exact) mass is 337 g/mol. The molecule has 1 aromatic carbocycles. The van der Waals surface area contributed by atoms with Gasteiger partial charge >= 0.3 is 0 Å². The third kappa shape index (κ3) is 3.92. The van der Waals surface area contributed by atoms with E-state index in [0.717, 1.165) is 37.0 Å². The van der Waals surface area contributed by atoms with Crippen molar-refractivity contribution >= 4 is 17.2 Å². The molecule has 0 aliphatic carbocycles. The zero-order chi connectivity index (χ0) is 16.2. The van der Waals surface area contributed by atoms with Crippen molar-refractivity contribution in [1.82, 2.24) is 15.6 Å². The van der Waals surface area contributed by atoms with Gasteiger partial charge in [0.1, 0.15) is 17.3 Å². The van der Waals surface area contributed by atoms with Crippen molar-refractivity contribution < 1.29 is 13.6 Å². The first-order chi connectivity index (χ1) is 11.1. The van der Waals surface area contributed by atoms with Gasteiger partial charge in [-0.05, 0) is 25.5 Å². The Morgan fingerprint density at radius 1 is 1.43 bits per heavy atom. The highest BCUT2D eigenvalue weighted by Crippen LogP contribution is 2.26. The van der Waals surface area contributed by atoms with Crippen LogP contribution >= 0.6 is 11.3 Å². The fraction of sp³-hybridized carbons (Fsp3) is 0.375. The summed E-state index contributed by atoms with van der Waals surface area (Å²) in [5.74, 6) is -1.30. The van der Waals surface area contributed by atoms with Crippen LogP contribution in [0.4, 0.5) is 8.78 Å². The molecule has 122 valence electrons. The Hall–Kier alpha value is -1.86. The van der Waals surface area contributed by atoms with Gasteiger partial charge in [0, 0.05) is 36.0 Å². The summed E-state index contributed by atoms with van der Waals surface area (Å²) in [6.45, 7) is 1.91. The lowest BCUT2D eigenvalue weighted by Crippen LogP contribution is -2.28. The molecule has 0 saturated carbocycles. The minimum absolute atomic E-state index is 0.00277. The van der Waals surface area contributed by atoms with Crippen LogP contribution in [-0.2, 0) is 6.54 Å². The molecule has 2 heterocycles. The molecule has 2 aromatic rings. The van der Waals surface area contributed by atoms with Gasteiger partial charge < -0.3 is 10.6 Å². The molecule has 1 fully saturated rings. The predicted octanol–water partition coefficient (Wildman–Crippen LogP) is 2.82. The average Bonchev–Trinajstić information content (AvgIpc) is 3.05. The number of nitrogens with one attached hydrogen (secondary N) is 2. The molecule has 1 saturated heterocycles. The maximum Gasteiger partial charge on any atom is 0.271 e. The third-order valence-corrected chi connectivity index (χ3v) is 4.86. The van der Waals surface area contributed by atoms with Crippen LogP contribution in [0, 0.1) is 11.6 Å². The van der Waals surface area contributed by atoms with Crippen LogP contribution in [0.1, 0.15) is 39.8 Å². The van der Waals surface area contributed by atoms with Crippen molar-refractivity contribution in [2.75, 3.05) is 13.1 Å². The first-order valence-electron chi connectivity index (χ1n) is 7.52. The van der Waals surface area contributed by atoms with Crippen molar-refractivity contribution in [1.29, 1.82) is 0 Å². The Bertz CT molecular complexity index is 698. The lowest BCUT2D eigenvalue weighted by molar-refractivity contribution is 0.0946. The number of halogens is 2. The molecule has 1 aliphatic rings. The summed E-state index contributed by atoms with van der Waals surface area (Å²) in [5, 5.41) is 8.62. The molecule has 0 bridgehead atoms. The van der Waals surface area contributed by atoms with Gasteiger partial charge in [-0.1, -0.05) is 6.07 Å².